The Morgan fingerprint density at radius 2 is 0.641 bits per heavy atom. The number of hydrogen-bond donors (Lipinski definition) is 0. The second-order valence-electron chi connectivity index (χ2n) is 7.75. The van der Waals surface area contributed by atoms with Crippen LogP contribution < -0.4 is 10.9 Å². The van der Waals surface area contributed by atoms with Crippen LogP contribution in [0.25, 0.3) is 5.83 Å². The lowest BCUT2D eigenvalue weighted by molar-refractivity contribution is 0.266. The summed E-state index contributed by atoms with van der Waals surface area (Å²) in [4.78, 5) is 0. The third-order valence-corrected chi connectivity index (χ3v) is 5.83. The summed E-state index contributed by atoms with van der Waals surface area (Å²) in [5.74, 6) is -50.8. The Labute approximate surface area is 203 Å². The van der Waals surface area contributed by atoms with E-state index in [-0.39, 0.29) is 0 Å². The van der Waals surface area contributed by atoms with Crippen LogP contribution in [0.1, 0.15) is 11.1 Å². The van der Waals surface area contributed by atoms with E-state index < -0.39 is 127 Å². The highest BCUT2D eigenvalue weighted by atomic mass is 19.2. The first-order valence-corrected chi connectivity index (χ1v) is 9.58. The van der Waals surface area contributed by atoms with Crippen molar-refractivity contribution in [1.29, 1.82) is 0 Å². The molecule has 0 nitrogen and oxygen atoms in total. The molecule has 18 heteroatoms. The number of rotatable bonds is 3. The first-order valence-electron chi connectivity index (χ1n) is 9.58. The minimum absolute atomic E-state index is 2.58. The topological polar surface area (TPSA) is 0 Å². The summed E-state index contributed by atoms with van der Waals surface area (Å²) < 4.78 is 244. The molecule has 206 valence electrons. The summed E-state index contributed by atoms with van der Waals surface area (Å²) >= 11 is 0. The maximum absolute atomic E-state index is 16.5. The monoisotopic (exact) mass is 586 g/mol. The second-order valence-corrected chi connectivity index (χ2v) is 7.75. The van der Waals surface area contributed by atoms with Crippen LogP contribution in [0.3, 0.4) is 0 Å². The summed E-state index contributed by atoms with van der Waals surface area (Å²) in [7, 11) is 0. The standard InChI is InChI=1S/C21BF17/c23-5-1-2(7(25)13(31)12(5)30)21(39,20(38)6(1)24)22(3-8(26)14(32)18(36)15(33)9(3)27)4-10(28)16(34)19(37)17(35)11(4)29. The molecule has 0 radical (unpaired) electrons. The molecule has 3 aromatic carbocycles. The molecule has 0 aromatic heterocycles. The average Bonchev–Trinajstić information content (AvgIpc) is 3.11. The summed E-state index contributed by atoms with van der Waals surface area (Å²) in [6.07, 6.45) is 0. The SMILES string of the molecule is FC1=C(F)C(F)(B(c2c(F)c(F)c(F)c(F)c2F)c2c(F)c(F)c(F)c(F)c2F)c2c(F)c(F)c(F)c(F)c21. The van der Waals surface area contributed by atoms with Gasteiger partial charge < -0.3 is 0 Å². The van der Waals surface area contributed by atoms with E-state index >= 15 is 8.78 Å². The molecule has 1 unspecified atom stereocenters. The van der Waals surface area contributed by atoms with Crippen molar-refractivity contribution < 1.29 is 74.6 Å². The Kier molecular flexibility index (Phi) is 6.46. The quantitative estimate of drug-likeness (QED) is 0.147. The van der Waals surface area contributed by atoms with Gasteiger partial charge in [-0.25, -0.2) is 74.6 Å². The lowest BCUT2D eigenvalue weighted by Crippen LogP contribution is -2.61. The minimum atomic E-state index is -5.59. The molecule has 0 saturated heterocycles. The minimum Gasteiger partial charge on any atom is -0.239 e. The van der Waals surface area contributed by atoms with Crippen molar-refractivity contribution in [2.75, 3.05) is 0 Å². The van der Waals surface area contributed by atoms with Crippen LogP contribution in [-0.2, 0) is 5.57 Å². The van der Waals surface area contributed by atoms with Crippen LogP contribution in [0.4, 0.5) is 74.6 Å². The molecule has 1 atom stereocenters. The summed E-state index contributed by atoms with van der Waals surface area (Å²) in [6, 6.07) is 0. The van der Waals surface area contributed by atoms with E-state index in [1.165, 1.54) is 0 Å². The van der Waals surface area contributed by atoms with E-state index in [1.54, 1.807) is 0 Å². The van der Waals surface area contributed by atoms with E-state index in [2.05, 4.69) is 0 Å². The molecule has 0 aliphatic heterocycles. The predicted octanol–water partition coefficient (Wildman–Crippen LogP) is 6.27. The Balaban J connectivity index is 2.34. The van der Waals surface area contributed by atoms with E-state index in [4.69, 9.17) is 0 Å². The molecule has 0 N–H and O–H groups in total. The fourth-order valence-corrected chi connectivity index (χ4v) is 4.12. The highest BCUT2D eigenvalue weighted by molar-refractivity contribution is 6.88. The molecular formula is C21BF17. The van der Waals surface area contributed by atoms with Gasteiger partial charge in [-0.3, -0.25) is 0 Å². The van der Waals surface area contributed by atoms with Crippen molar-refractivity contribution in [3.8, 4) is 0 Å². The van der Waals surface area contributed by atoms with E-state index in [1.807, 2.05) is 0 Å². The number of hydrogen-bond acceptors (Lipinski definition) is 0. The van der Waals surface area contributed by atoms with E-state index in [0.29, 0.717) is 0 Å². The van der Waals surface area contributed by atoms with Crippen molar-refractivity contribution in [1.82, 2.24) is 0 Å². The highest BCUT2D eigenvalue weighted by Crippen LogP contribution is 2.53. The molecule has 1 aliphatic carbocycles. The lowest BCUT2D eigenvalue weighted by Gasteiger charge is -2.30. The smallest absolute Gasteiger partial charge is 0.239 e. The maximum Gasteiger partial charge on any atom is 0.282 e. The number of fused-ring (bicyclic) bond motifs is 1. The molecule has 39 heavy (non-hydrogen) atoms. The van der Waals surface area contributed by atoms with Gasteiger partial charge in [-0.05, 0) is 0 Å². The Morgan fingerprint density at radius 3 is 1.00 bits per heavy atom. The average molecular weight is 586 g/mol. The van der Waals surface area contributed by atoms with Gasteiger partial charge >= 0.3 is 0 Å². The Bertz CT molecular complexity index is 1520. The molecular weight excluding hydrogens is 586 g/mol. The molecule has 0 saturated carbocycles. The van der Waals surface area contributed by atoms with Crippen LogP contribution >= 0.6 is 0 Å². The summed E-state index contributed by atoms with van der Waals surface area (Å²) in [5.41, 5.74) is -17.0. The van der Waals surface area contributed by atoms with Crippen molar-refractivity contribution >= 4 is 23.5 Å². The third kappa shape index (κ3) is 3.41. The van der Waals surface area contributed by atoms with Crippen LogP contribution in [0.2, 0.25) is 0 Å². The Morgan fingerprint density at radius 1 is 0.359 bits per heavy atom. The van der Waals surface area contributed by atoms with Gasteiger partial charge in [-0.2, -0.15) is 0 Å². The molecule has 4 rings (SSSR count). The van der Waals surface area contributed by atoms with Crippen LogP contribution in [-0.4, -0.2) is 6.71 Å². The Hall–Kier alpha value is -3.73. The second kappa shape index (κ2) is 8.91. The normalized spacial score (nSPS) is 16.8. The van der Waals surface area contributed by atoms with Gasteiger partial charge in [0.15, 0.2) is 98.7 Å². The molecule has 0 amide bonds. The van der Waals surface area contributed by atoms with E-state index in [9.17, 15) is 65.9 Å². The van der Waals surface area contributed by atoms with Crippen LogP contribution in [0.15, 0.2) is 5.83 Å². The van der Waals surface area contributed by atoms with E-state index in [0.717, 1.165) is 0 Å². The van der Waals surface area contributed by atoms with Crippen LogP contribution in [0, 0.1) is 81.4 Å². The highest BCUT2D eigenvalue weighted by Gasteiger charge is 2.63. The third-order valence-electron chi connectivity index (χ3n) is 5.83. The number of allylic oxidation sites excluding steroid dienone is 1. The number of halogens is 17. The largest absolute Gasteiger partial charge is 0.282 e. The number of benzene rings is 3. The fraction of sp³-hybridized carbons (Fsp3) is 0.0476. The van der Waals surface area contributed by atoms with Crippen molar-refractivity contribution in [3.63, 3.8) is 0 Å². The van der Waals surface area contributed by atoms with Gasteiger partial charge in [0.1, 0.15) is 0 Å². The molecule has 0 bridgehead atoms. The van der Waals surface area contributed by atoms with Crippen molar-refractivity contribution in [2.45, 2.75) is 5.57 Å². The molecule has 3 aromatic rings. The van der Waals surface area contributed by atoms with Crippen LogP contribution in [0.5, 0.6) is 0 Å². The summed E-state index contributed by atoms with van der Waals surface area (Å²) in [6.45, 7) is -4.54. The van der Waals surface area contributed by atoms with Gasteiger partial charge in [0.05, 0.1) is 5.56 Å². The van der Waals surface area contributed by atoms with Gasteiger partial charge in [-0.1, -0.05) is 0 Å². The van der Waals surface area contributed by atoms with Gasteiger partial charge in [0.25, 0.3) is 6.71 Å². The molecule has 1 aliphatic rings. The lowest BCUT2D eigenvalue weighted by atomic mass is 9.30. The van der Waals surface area contributed by atoms with Gasteiger partial charge in [0.2, 0.25) is 0 Å². The molecule has 0 fully saturated rings. The first-order chi connectivity index (χ1) is 17.9. The zero-order valence-electron chi connectivity index (χ0n) is 17.5. The molecule has 0 spiro atoms. The van der Waals surface area contributed by atoms with Gasteiger partial charge in [-0.15, -0.1) is 0 Å². The maximum atomic E-state index is 16.5. The van der Waals surface area contributed by atoms with Gasteiger partial charge in [0, 0.05) is 16.5 Å². The van der Waals surface area contributed by atoms with Crippen molar-refractivity contribution in [3.05, 3.63) is 98.4 Å². The molecule has 0 heterocycles. The zero-order valence-corrected chi connectivity index (χ0v) is 17.5. The zero-order chi connectivity index (χ0) is 29.6. The number of alkyl halides is 1. The predicted molar refractivity (Wildman–Crippen MR) is 95.7 cm³/mol. The first kappa shape index (κ1) is 28.3. The summed E-state index contributed by atoms with van der Waals surface area (Å²) in [5, 5.41) is 0. The fourth-order valence-electron chi connectivity index (χ4n) is 4.12. The van der Waals surface area contributed by atoms with Crippen molar-refractivity contribution in [2.24, 2.45) is 0 Å².